The molecule has 2 aliphatic rings. The molecule has 116 valence electrons. The number of para-hydroxylation sites is 1. The zero-order chi connectivity index (χ0) is 14.9. The number of nitrogens with zero attached hydrogens (tertiary/aromatic N) is 3. The molecule has 1 aromatic heterocycles. The van der Waals surface area contributed by atoms with Gasteiger partial charge in [0.25, 0.3) is 5.91 Å². The van der Waals surface area contributed by atoms with Gasteiger partial charge < -0.3 is 4.90 Å². The molecule has 2 aromatic rings. The molecule has 2 aliphatic heterocycles. The van der Waals surface area contributed by atoms with Gasteiger partial charge in [0.15, 0.2) is 5.69 Å². The lowest BCUT2D eigenvalue weighted by atomic mass is 10.0. The van der Waals surface area contributed by atoms with Crippen molar-refractivity contribution < 1.29 is 4.79 Å². The molecular weight excluding hydrogens is 276 g/mol. The zero-order valence-corrected chi connectivity index (χ0v) is 12.8. The number of hydrogen-bond donors (Lipinski definition) is 1. The molecule has 0 aliphatic carbocycles. The van der Waals surface area contributed by atoms with Crippen LogP contribution in [-0.2, 0) is 0 Å². The summed E-state index contributed by atoms with van der Waals surface area (Å²) in [5, 5.41) is 8.16. The molecule has 2 saturated heterocycles. The molecule has 1 amide bonds. The highest BCUT2D eigenvalue weighted by molar-refractivity contribution is 6.04. The van der Waals surface area contributed by atoms with E-state index in [2.05, 4.69) is 15.1 Å². The second kappa shape index (κ2) is 5.72. The maximum Gasteiger partial charge on any atom is 0.275 e. The lowest BCUT2D eigenvalue weighted by Crippen LogP contribution is -2.49. The minimum atomic E-state index is 0.0707. The standard InChI is InChI=1S/C17H22N4O/c22-17(16-14-7-1-2-8-15(14)18-19-16)21-11-5-6-13(12-21)20-9-3-4-10-20/h1-2,7-8,13H,3-6,9-12H2,(H,18,19)/t13-/m1/s1. The van der Waals surface area contributed by atoms with Crippen molar-refractivity contribution in [2.75, 3.05) is 26.2 Å². The van der Waals surface area contributed by atoms with Gasteiger partial charge in [0, 0.05) is 24.5 Å². The van der Waals surface area contributed by atoms with Gasteiger partial charge in [0.1, 0.15) is 0 Å². The number of fused-ring (bicyclic) bond motifs is 1. The van der Waals surface area contributed by atoms with Crippen molar-refractivity contribution in [3.63, 3.8) is 0 Å². The number of hydrogen-bond acceptors (Lipinski definition) is 3. The van der Waals surface area contributed by atoms with E-state index in [1.807, 2.05) is 29.2 Å². The molecule has 4 rings (SSSR count). The highest BCUT2D eigenvalue weighted by Gasteiger charge is 2.30. The van der Waals surface area contributed by atoms with Gasteiger partial charge in [-0.15, -0.1) is 0 Å². The zero-order valence-electron chi connectivity index (χ0n) is 12.8. The largest absolute Gasteiger partial charge is 0.336 e. The monoisotopic (exact) mass is 298 g/mol. The number of rotatable bonds is 2. The number of piperidine rings is 1. The molecule has 0 spiro atoms. The fourth-order valence-electron chi connectivity index (χ4n) is 3.82. The molecule has 0 radical (unpaired) electrons. The van der Waals surface area contributed by atoms with Crippen LogP contribution in [-0.4, -0.2) is 58.1 Å². The van der Waals surface area contributed by atoms with Gasteiger partial charge in [0.05, 0.1) is 5.52 Å². The Morgan fingerprint density at radius 3 is 2.82 bits per heavy atom. The molecule has 3 heterocycles. The summed E-state index contributed by atoms with van der Waals surface area (Å²) in [4.78, 5) is 17.4. The summed E-state index contributed by atoms with van der Waals surface area (Å²) in [6.07, 6.45) is 4.91. The second-order valence-corrected chi connectivity index (χ2v) is 6.41. The Morgan fingerprint density at radius 1 is 1.14 bits per heavy atom. The summed E-state index contributed by atoms with van der Waals surface area (Å²) < 4.78 is 0. The van der Waals surface area contributed by atoms with Crippen molar-refractivity contribution in [3.8, 4) is 0 Å². The van der Waals surface area contributed by atoms with Crippen LogP contribution >= 0.6 is 0 Å². The van der Waals surface area contributed by atoms with Crippen molar-refractivity contribution in [2.24, 2.45) is 0 Å². The van der Waals surface area contributed by atoms with Gasteiger partial charge in [0.2, 0.25) is 0 Å². The van der Waals surface area contributed by atoms with Gasteiger partial charge in [-0.25, -0.2) is 0 Å². The average molecular weight is 298 g/mol. The summed E-state index contributed by atoms with van der Waals surface area (Å²) >= 11 is 0. The SMILES string of the molecule is O=C(c1n[nH]c2ccccc12)N1CCC[C@@H](N2CCCC2)C1. The fourth-order valence-corrected chi connectivity index (χ4v) is 3.82. The number of benzene rings is 1. The van der Waals surface area contributed by atoms with Crippen molar-refractivity contribution in [2.45, 2.75) is 31.7 Å². The predicted octanol–water partition coefficient (Wildman–Crippen LogP) is 2.26. The van der Waals surface area contributed by atoms with Crippen LogP contribution < -0.4 is 0 Å². The minimum absolute atomic E-state index is 0.0707. The predicted molar refractivity (Wildman–Crippen MR) is 85.8 cm³/mol. The molecule has 5 nitrogen and oxygen atoms in total. The molecule has 5 heteroatoms. The topological polar surface area (TPSA) is 52.2 Å². The maximum absolute atomic E-state index is 12.9. The average Bonchev–Trinajstić information content (AvgIpc) is 3.24. The lowest BCUT2D eigenvalue weighted by Gasteiger charge is -2.37. The van der Waals surface area contributed by atoms with Crippen molar-refractivity contribution in [1.82, 2.24) is 20.0 Å². The first-order valence-electron chi connectivity index (χ1n) is 8.29. The number of amides is 1. The van der Waals surface area contributed by atoms with E-state index in [-0.39, 0.29) is 5.91 Å². The summed E-state index contributed by atoms with van der Waals surface area (Å²) in [7, 11) is 0. The van der Waals surface area contributed by atoms with Crippen molar-refractivity contribution in [1.29, 1.82) is 0 Å². The van der Waals surface area contributed by atoms with E-state index >= 15 is 0 Å². The smallest absolute Gasteiger partial charge is 0.275 e. The van der Waals surface area contributed by atoms with E-state index in [0.29, 0.717) is 11.7 Å². The van der Waals surface area contributed by atoms with Crippen LogP contribution in [0, 0.1) is 0 Å². The van der Waals surface area contributed by atoms with Crippen LogP contribution in [0.4, 0.5) is 0 Å². The first-order valence-corrected chi connectivity index (χ1v) is 8.29. The van der Waals surface area contributed by atoms with Gasteiger partial charge >= 0.3 is 0 Å². The number of carbonyl (C=O) groups is 1. The van der Waals surface area contributed by atoms with Crippen LogP contribution in [0.2, 0.25) is 0 Å². The number of aromatic nitrogens is 2. The molecule has 1 aromatic carbocycles. The summed E-state index contributed by atoms with van der Waals surface area (Å²) in [6.45, 7) is 4.08. The number of H-pyrrole nitrogens is 1. The Bertz CT molecular complexity index is 674. The van der Waals surface area contributed by atoms with E-state index in [1.54, 1.807) is 0 Å². The molecule has 0 saturated carbocycles. The maximum atomic E-state index is 12.9. The van der Waals surface area contributed by atoms with Crippen LogP contribution in [0.15, 0.2) is 24.3 Å². The number of nitrogens with one attached hydrogen (secondary N) is 1. The lowest BCUT2D eigenvalue weighted by molar-refractivity contribution is 0.0604. The summed E-state index contributed by atoms with van der Waals surface area (Å²) in [5.74, 6) is 0.0707. The van der Waals surface area contributed by atoms with Crippen LogP contribution in [0.1, 0.15) is 36.2 Å². The summed E-state index contributed by atoms with van der Waals surface area (Å²) in [5.41, 5.74) is 1.50. The van der Waals surface area contributed by atoms with Gasteiger partial charge in [-0.1, -0.05) is 18.2 Å². The Kier molecular flexibility index (Phi) is 3.58. The summed E-state index contributed by atoms with van der Waals surface area (Å²) in [6, 6.07) is 8.37. The Balaban J connectivity index is 1.54. The third-order valence-corrected chi connectivity index (χ3v) is 5.01. The van der Waals surface area contributed by atoms with E-state index in [9.17, 15) is 4.79 Å². The number of aromatic amines is 1. The first-order chi connectivity index (χ1) is 10.8. The van der Waals surface area contributed by atoms with E-state index in [1.165, 1.54) is 32.4 Å². The van der Waals surface area contributed by atoms with Crippen LogP contribution in [0.25, 0.3) is 10.9 Å². The van der Waals surface area contributed by atoms with E-state index in [4.69, 9.17) is 0 Å². The fraction of sp³-hybridized carbons (Fsp3) is 0.529. The van der Waals surface area contributed by atoms with Gasteiger partial charge in [-0.3, -0.25) is 14.8 Å². The minimum Gasteiger partial charge on any atom is -0.336 e. The Hall–Kier alpha value is -1.88. The van der Waals surface area contributed by atoms with Crippen LogP contribution in [0.3, 0.4) is 0 Å². The quantitative estimate of drug-likeness (QED) is 0.925. The molecule has 2 fully saturated rings. The Labute approximate surface area is 130 Å². The third kappa shape index (κ3) is 2.39. The highest BCUT2D eigenvalue weighted by Crippen LogP contribution is 2.23. The molecule has 1 N–H and O–H groups in total. The normalized spacial score (nSPS) is 23.3. The van der Waals surface area contributed by atoms with Crippen LogP contribution in [0.5, 0.6) is 0 Å². The van der Waals surface area contributed by atoms with Crippen molar-refractivity contribution in [3.05, 3.63) is 30.0 Å². The molecular formula is C17H22N4O. The van der Waals surface area contributed by atoms with E-state index < -0.39 is 0 Å². The molecule has 1 atom stereocenters. The molecule has 0 bridgehead atoms. The highest BCUT2D eigenvalue weighted by atomic mass is 16.2. The number of carbonyl (C=O) groups excluding carboxylic acids is 1. The molecule has 0 unspecified atom stereocenters. The number of likely N-dealkylation sites (tertiary alicyclic amines) is 2. The first kappa shape index (κ1) is 13.8. The second-order valence-electron chi connectivity index (χ2n) is 6.41. The van der Waals surface area contributed by atoms with Gasteiger partial charge in [-0.2, -0.15) is 5.10 Å². The van der Waals surface area contributed by atoms with E-state index in [0.717, 1.165) is 30.4 Å². The third-order valence-electron chi connectivity index (χ3n) is 5.01. The van der Waals surface area contributed by atoms with Crippen molar-refractivity contribution >= 4 is 16.8 Å². The Morgan fingerprint density at radius 2 is 1.95 bits per heavy atom. The van der Waals surface area contributed by atoms with Gasteiger partial charge in [-0.05, 0) is 44.8 Å². The molecule has 22 heavy (non-hydrogen) atoms.